The molecular weight excluding hydrogens is 305 g/mol. The fourth-order valence-electron chi connectivity index (χ4n) is 3.11. The predicted molar refractivity (Wildman–Crippen MR) is 85.4 cm³/mol. The van der Waals surface area contributed by atoms with Crippen molar-refractivity contribution in [3.8, 4) is 5.75 Å². The van der Waals surface area contributed by atoms with Crippen LogP contribution in [0.1, 0.15) is 25.7 Å². The Bertz CT molecular complexity index is 591. The van der Waals surface area contributed by atoms with E-state index in [0.29, 0.717) is 13.2 Å². The molecule has 22 heavy (non-hydrogen) atoms. The summed E-state index contributed by atoms with van der Waals surface area (Å²) in [4.78, 5) is 2.03. The summed E-state index contributed by atoms with van der Waals surface area (Å²) in [6, 6.07) is 6.32. The summed E-state index contributed by atoms with van der Waals surface area (Å²) in [6.45, 7) is 0.912. The van der Waals surface area contributed by atoms with Crippen LogP contribution in [0.4, 0.5) is 4.39 Å². The molecule has 2 rings (SSSR count). The molecule has 0 amide bonds. The molecule has 1 aromatic carbocycles. The Labute approximate surface area is 132 Å². The van der Waals surface area contributed by atoms with Crippen LogP contribution in [0.5, 0.6) is 5.75 Å². The highest BCUT2D eigenvalue weighted by atomic mass is 32.2. The van der Waals surface area contributed by atoms with Crippen LogP contribution in [-0.4, -0.2) is 51.1 Å². The van der Waals surface area contributed by atoms with Gasteiger partial charge in [-0.15, -0.1) is 0 Å². The van der Waals surface area contributed by atoms with Crippen LogP contribution >= 0.6 is 0 Å². The first-order valence-corrected chi connectivity index (χ1v) is 9.61. The lowest BCUT2D eigenvalue weighted by Crippen LogP contribution is -2.48. The Morgan fingerprint density at radius 3 is 2.64 bits per heavy atom. The summed E-state index contributed by atoms with van der Waals surface area (Å²) >= 11 is 0. The van der Waals surface area contributed by atoms with E-state index in [4.69, 9.17) is 4.74 Å². The highest BCUT2D eigenvalue weighted by Crippen LogP contribution is 2.27. The van der Waals surface area contributed by atoms with Gasteiger partial charge in [0.2, 0.25) is 0 Å². The van der Waals surface area contributed by atoms with E-state index in [1.54, 1.807) is 18.2 Å². The average Bonchev–Trinajstić information content (AvgIpc) is 2.48. The van der Waals surface area contributed by atoms with Crippen molar-refractivity contribution >= 4 is 9.84 Å². The maximum Gasteiger partial charge on any atom is 0.165 e. The molecule has 0 radical (unpaired) electrons. The van der Waals surface area contributed by atoms with Gasteiger partial charge in [0.05, 0.1) is 5.25 Å². The third kappa shape index (κ3) is 4.43. The van der Waals surface area contributed by atoms with Crippen LogP contribution in [-0.2, 0) is 9.84 Å². The van der Waals surface area contributed by atoms with E-state index in [2.05, 4.69) is 0 Å². The van der Waals surface area contributed by atoms with Gasteiger partial charge in [-0.05, 0) is 32.0 Å². The summed E-state index contributed by atoms with van der Waals surface area (Å²) in [5.74, 6) is -0.143. The molecule has 0 aliphatic heterocycles. The van der Waals surface area contributed by atoms with Crippen LogP contribution in [0.2, 0.25) is 0 Å². The SMILES string of the molecule is CN(CCOc1ccccc1F)[C@H]1CCCC[C@@H]1S(C)(=O)=O. The highest BCUT2D eigenvalue weighted by Gasteiger charge is 2.34. The monoisotopic (exact) mass is 329 g/mol. The van der Waals surface area contributed by atoms with Crippen molar-refractivity contribution in [1.82, 2.24) is 4.90 Å². The van der Waals surface area contributed by atoms with E-state index in [1.807, 2.05) is 11.9 Å². The van der Waals surface area contributed by atoms with Crippen molar-refractivity contribution in [1.29, 1.82) is 0 Å². The summed E-state index contributed by atoms with van der Waals surface area (Å²) in [5, 5.41) is -0.306. The molecule has 0 bridgehead atoms. The van der Waals surface area contributed by atoms with E-state index in [9.17, 15) is 12.8 Å². The first kappa shape index (κ1) is 17.2. The van der Waals surface area contributed by atoms with Gasteiger partial charge in [0.1, 0.15) is 6.61 Å². The van der Waals surface area contributed by atoms with Crippen molar-refractivity contribution < 1.29 is 17.5 Å². The average molecular weight is 329 g/mol. The molecule has 4 nitrogen and oxygen atoms in total. The van der Waals surface area contributed by atoms with Crippen LogP contribution in [0, 0.1) is 5.82 Å². The fraction of sp³-hybridized carbons (Fsp3) is 0.625. The van der Waals surface area contributed by atoms with Gasteiger partial charge in [-0.25, -0.2) is 12.8 Å². The largest absolute Gasteiger partial charge is 0.489 e. The van der Waals surface area contributed by atoms with Gasteiger partial charge >= 0.3 is 0 Å². The van der Waals surface area contributed by atoms with E-state index in [1.165, 1.54) is 12.3 Å². The molecule has 1 saturated carbocycles. The van der Waals surface area contributed by atoms with Crippen molar-refractivity contribution in [2.75, 3.05) is 26.5 Å². The third-order valence-electron chi connectivity index (χ3n) is 4.32. The van der Waals surface area contributed by atoms with Gasteiger partial charge in [-0.3, -0.25) is 4.90 Å². The molecule has 0 unspecified atom stereocenters. The number of sulfone groups is 1. The molecular formula is C16H24FNO3S. The van der Waals surface area contributed by atoms with Gasteiger partial charge in [-0.1, -0.05) is 25.0 Å². The number of likely N-dealkylation sites (N-methyl/N-ethyl adjacent to an activating group) is 1. The Balaban J connectivity index is 1.90. The first-order chi connectivity index (χ1) is 10.4. The second-order valence-corrected chi connectivity index (χ2v) is 8.24. The fourth-order valence-corrected chi connectivity index (χ4v) is 4.62. The maximum atomic E-state index is 13.5. The van der Waals surface area contributed by atoms with Crippen molar-refractivity contribution in [3.05, 3.63) is 30.1 Å². The third-order valence-corrected chi connectivity index (χ3v) is 5.97. The quantitative estimate of drug-likeness (QED) is 0.804. The Hall–Kier alpha value is -1.14. The topological polar surface area (TPSA) is 46.6 Å². The lowest BCUT2D eigenvalue weighted by molar-refractivity contribution is 0.160. The predicted octanol–water partition coefficient (Wildman–Crippen LogP) is 2.49. The molecule has 1 aromatic rings. The van der Waals surface area contributed by atoms with Gasteiger partial charge in [-0.2, -0.15) is 0 Å². The minimum absolute atomic E-state index is 0.0213. The van der Waals surface area contributed by atoms with Crippen LogP contribution in [0.25, 0.3) is 0 Å². The standard InChI is InChI=1S/C16H24FNO3S/c1-18(11-12-21-15-9-5-3-7-13(15)17)14-8-4-6-10-16(14)22(2,19)20/h3,5,7,9,14,16H,4,6,8,10-12H2,1-2H3/t14-,16-/m0/s1. The molecule has 0 heterocycles. The van der Waals surface area contributed by atoms with Crippen molar-refractivity contribution in [3.63, 3.8) is 0 Å². The first-order valence-electron chi connectivity index (χ1n) is 7.66. The number of ether oxygens (including phenoxy) is 1. The number of benzene rings is 1. The normalized spacial score (nSPS) is 22.7. The molecule has 2 atom stereocenters. The molecule has 6 heteroatoms. The highest BCUT2D eigenvalue weighted by molar-refractivity contribution is 7.91. The Kier molecular flexibility index (Phi) is 5.81. The summed E-state index contributed by atoms with van der Waals surface area (Å²) in [7, 11) is -1.13. The number of halogens is 1. The van der Waals surface area contributed by atoms with Crippen LogP contribution in [0.3, 0.4) is 0 Å². The van der Waals surface area contributed by atoms with Gasteiger partial charge in [0.15, 0.2) is 21.4 Å². The summed E-state index contributed by atoms with van der Waals surface area (Å²) in [5.41, 5.74) is 0. The van der Waals surface area contributed by atoms with Gasteiger partial charge in [0.25, 0.3) is 0 Å². The lowest BCUT2D eigenvalue weighted by Gasteiger charge is -2.36. The zero-order chi connectivity index (χ0) is 16.2. The lowest BCUT2D eigenvalue weighted by atomic mass is 9.94. The molecule has 1 fully saturated rings. The van der Waals surface area contributed by atoms with E-state index < -0.39 is 9.84 Å². The van der Waals surface area contributed by atoms with Crippen LogP contribution in [0.15, 0.2) is 24.3 Å². The zero-order valence-electron chi connectivity index (χ0n) is 13.2. The van der Waals surface area contributed by atoms with Gasteiger partial charge < -0.3 is 4.74 Å². The summed E-state index contributed by atoms with van der Waals surface area (Å²) < 4.78 is 42.8. The molecule has 0 aromatic heterocycles. The van der Waals surface area contributed by atoms with Crippen molar-refractivity contribution in [2.24, 2.45) is 0 Å². The molecule has 0 N–H and O–H groups in total. The maximum absolute atomic E-state index is 13.5. The number of nitrogens with zero attached hydrogens (tertiary/aromatic N) is 1. The number of hydrogen-bond acceptors (Lipinski definition) is 4. The summed E-state index contributed by atoms with van der Waals surface area (Å²) in [6.07, 6.45) is 4.94. The second kappa shape index (κ2) is 7.42. The molecule has 0 spiro atoms. The molecule has 0 saturated heterocycles. The second-order valence-electron chi connectivity index (χ2n) is 5.98. The minimum Gasteiger partial charge on any atom is -0.489 e. The number of rotatable bonds is 6. The smallest absolute Gasteiger partial charge is 0.165 e. The van der Waals surface area contributed by atoms with Gasteiger partial charge in [0, 0.05) is 18.8 Å². The van der Waals surface area contributed by atoms with E-state index >= 15 is 0 Å². The van der Waals surface area contributed by atoms with E-state index in [-0.39, 0.29) is 22.9 Å². The number of para-hydroxylation sites is 1. The molecule has 1 aliphatic rings. The van der Waals surface area contributed by atoms with Crippen LogP contribution < -0.4 is 4.74 Å². The minimum atomic E-state index is -3.05. The number of hydrogen-bond donors (Lipinski definition) is 0. The van der Waals surface area contributed by atoms with E-state index in [0.717, 1.165) is 25.7 Å². The van der Waals surface area contributed by atoms with Crippen molar-refractivity contribution in [2.45, 2.75) is 37.0 Å². The zero-order valence-corrected chi connectivity index (χ0v) is 14.0. The molecule has 1 aliphatic carbocycles. The molecule has 124 valence electrons. The Morgan fingerprint density at radius 2 is 1.95 bits per heavy atom. The Morgan fingerprint density at radius 1 is 1.27 bits per heavy atom.